The molecule has 1 aromatic carbocycles. The Bertz CT molecular complexity index is 576. The van der Waals surface area contributed by atoms with E-state index in [1.54, 1.807) is 11.3 Å². The molecule has 4 heteroatoms. The second kappa shape index (κ2) is 3.85. The van der Waals surface area contributed by atoms with Crippen LogP contribution in [-0.4, -0.2) is 5.91 Å². The molecule has 0 atom stereocenters. The lowest BCUT2D eigenvalue weighted by Gasteiger charge is -2.01. The van der Waals surface area contributed by atoms with Crippen molar-refractivity contribution in [1.29, 1.82) is 0 Å². The number of fused-ring (bicyclic) bond motifs is 1. The summed E-state index contributed by atoms with van der Waals surface area (Å²) in [6.07, 6.45) is 0.506. The molecule has 0 fully saturated rings. The number of rotatable bonds is 1. The van der Waals surface area contributed by atoms with Crippen molar-refractivity contribution in [3.05, 3.63) is 38.8 Å². The van der Waals surface area contributed by atoms with Gasteiger partial charge in [0.05, 0.1) is 9.30 Å². The van der Waals surface area contributed by atoms with Gasteiger partial charge in [-0.1, -0.05) is 6.07 Å². The average molecular weight is 341 g/mol. The van der Waals surface area contributed by atoms with E-state index in [1.165, 1.54) is 13.3 Å². The van der Waals surface area contributed by atoms with E-state index < -0.39 is 0 Å². The van der Waals surface area contributed by atoms with Gasteiger partial charge >= 0.3 is 0 Å². The average Bonchev–Trinajstić information content (AvgIpc) is 2.81. The van der Waals surface area contributed by atoms with Crippen LogP contribution in [0.3, 0.4) is 0 Å². The van der Waals surface area contributed by atoms with Crippen LogP contribution in [0.25, 0.3) is 10.4 Å². The van der Waals surface area contributed by atoms with Gasteiger partial charge in [-0.15, -0.1) is 11.3 Å². The van der Waals surface area contributed by atoms with Gasteiger partial charge in [-0.2, -0.15) is 0 Å². The number of carbonyl (C=O) groups is 1. The van der Waals surface area contributed by atoms with Crippen molar-refractivity contribution in [3.63, 3.8) is 0 Å². The number of benzene rings is 1. The molecule has 0 saturated heterocycles. The molecule has 2 aromatic rings. The van der Waals surface area contributed by atoms with Crippen molar-refractivity contribution < 1.29 is 4.79 Å². The Morgan fingerprint density at radius 1 is 1.25 bits per heavy atom. The summed E-state index contributed by atoms with van der Waals surface area (Å²) in [5.41, 5.74) is 3.26. The van der Waals surface area contributed by atoms with Crippen LogP contribution in [0.15, 0.2) is 30.3 Å². The number of thiophene rings is 1. The summed E-state index contributed by atoms with van der Waals surface area (Å²) in [5.74, 6) is 0.0907. The number of halogens is 1. The highest BCUT2D eigenvalue weighted by molar-refractivity contribution is 14.1. The molecule has 0 bridgehead atoms. The molecule has 16 heavy (non-hydrogen) atoms. The Morgan fingerprint density at radius 2 is 2.12 bits per heavy atom. The molecule has 80 valence electrons. The maximum atomic E-state index is 11.2. The van der Waals surface area contributed by atoms with Crippen LogP contribution in [0, 0.1) is 2.88 Å². The standard InChI is InChI=1S/C12H8INOS/c13-11-4-3-10(16-11)7-1-2-9-8(5-7)6-12(15)14-9/h1-5H,6H2,(H,14,15). The van der Waals surface area contributed by atoms with Gasteiger partial charge in [-0.05, 0) is 58.0 Å². The highest BCUT2D eigenvalue weighted by atomic mass is 127. The Balaban J connectivity index is 2.05. The minimum atomic E-state index is 0.0907. The highest BCUT2D eigenvalue weighted by Crippen LogP contribution is 2.33. The fourth-order valence-electron chi connectivity index (χ4n) is 1.85. The molecule has 1 N–H and O–H groups in total. The van der Waals surface area contributed by atoms with Crippen molar-refractivity contribution in [2.75, 3.05) is 5.32 Å². The van der Waals surface area contributed by atoms with Crippen LogP contribution in [-0.2, 0) is 11.2 Å². The van der Waals surface area contributed by atoms with Gasteiger partial charge < -0.3 is 5.32 Å². The van der Waals surface area contributed by atoms with Gasteiger partial charge in [-0.3, -0.25) is 4.79 Å². The van der Waals surface area contributed by atoms with Crippen LogP contribution in [0.4, 0.5) is 5.69 Å². The van der Waals surface area contributed by atoms with Crippen LogP contribution < -0.4 is 5.32 Å². The molecule has 0 unspecified atom stereocenters. The minimum Gasteiger partial charge on any atom is -0.326 e. The van der Waals surface area contributed by atoms with Gasteiger partial charge in [-0.25, -0.2) is 0 Å². The molecule has 3 rings (SSSR count). The lowest BCUT2D eigenvalue weighted by molar-refractivity contribution is -0.115. The molecule has 1 aliphatic heterocycles. The molecule has 0 saturated carbocycles. The van der Waals surface area contributed by atoms with E-state index in [-0.39, 0.29) is 5.91 Å². The largest absolute Gasteiger partial charge is 0.326 e. The molecule has 2 nitrogen and oxygen atoms in total. The molecule has 1 aliphatic rings. The van der Waals surface area contributed by atoms with Gasteiger partial charge in [0.25, 0.3) is 0 Å². The fraction of sp³-hybridized carbons (Fsp3) is 0.0833. The van der Waals surface area contributed by atoms with Gasteiger partial charge in [0.2, 0.25) is 5.91 Å². The van der Waals surface area contributed by atoms with Crippen molar-refractivity contribution in [3.8, 4) is 10.4 Å². The van der Waals surface area contributed by atoms with E-state index in [4.69, 9.17) is 0 Å². The second-order valence-corrected chi connectivity index (χ2v) is 6.68. The topological polar surface area (TPSA) is 29.1 Å². The third kappa shape index (κ3) is 1.76. The Hall–Kier alpha value is -0.880. The summed E-state index contributed by atoms with van der Waals surface area (Å²) >= 11 is 4.09. The lowest BCUT2D eigenvalue weighted by atomic mass is 10.1. The molecule has 1 aromatic heterocycles. The molecular weight excluding hydrogens is 333 g/mol. The first-order valence-electron chi connectivity index (χ1n) is 4.91. The van der Waals surface area contributed by atoms with E-state index >= 15 is 0 Å². The molecule has 2 heterocycles. The molecule has 0 spiro atoms. The number of hydrogen-bond acceptors (Lipinski definition) is 2. The Labute approximate surface area is 111 Å². The quantitative estimate of drug-likeness (QED) is 0.791. The van der Waals surface area contributed by atoms with E-state index in [0.717, 1.165) is 11.3 Å². The van der Waals surface area contributed by atoms with Crippen molar-refractivity contribution in [2.45, 2.75) is 6.42 Å². The Kier molecular flexibility index (Phi) is 2.48. The zero-order valence-corrected chi connectivity index (χ0v) is 11.3. The first-order chi connectivity index (χ1) is 7.72. The second-order valence-electron chi connectivity index (χ2n) is 3.70. The normalized spacial score (nSPS) is 13.7. The van der Waals surface area contributed by atoms with Crippen LogP contribution in [0.1, 0.15) is 5.56 Å². The number of hydrogen-bond donors (Lipinski definition) is 1. The van der Waals surface area contributed by atoms with Gasteiger partial charge in [0, 0.05) is 10.6 Å². The third-order valence-corrected chi connectivity index (χ3v) is 4.53. The summed E-state index contributed by atoms with van der Waals surface area (Å²) in [6, 6.07) is 10.4. The molecule has 0 aliphatic carbocycles. The SMILES string of the molecule is O=C1Cc2cc(-c3ccc(I)s3)ccc2N1. The van der Waals surface area contributed by atoms with Gasteiger partial charge in [0.15, 0.2) is 0 Å². The van der Waals surface area contributed by atoms with E-state index in [1.807, 2.05) is 6.07 Å². The number of amides is 1. The van der Waals surface area contributed by atoms with E-state index in [9.17, 15) is 4.79 Å². The Morgan fingerprint density at radius 3 is 2.88 bits per heavy atom. The number of carbonyl (C=O) groups excluding carboxylic acids is 1. The number of nitrogens with one attached hydrogen (secondary N) is 1. The first kappa shape index (κ1) is 10.3. The fourth-order valence-corrected chi connectivity index (χ4v) is 3.47. The van der Waals surface area contributed by atoms with Crippen molar-refractivity contribution in [1.82, 2.24) is 0 Å². The number of anilines is 1. The van der Waals surface area contributed by atoms with Crippen molar-refractivity contribution >= 4 is 45.5 Å². The highest BCUT2D eigenvalue weighted by Gasteiger charge is 2.17. The first-order valence-corrected chi connectivity index (χ1v) is 6.80. The van der Waals surface area contributed by atoms with Crippen LogP contribution in [0.2, 0.25) is 0 Å². The van der Waals surface area contributed by atoms with Gasteiger partial charge in [0.1, 0.15) is 0 Å². The predicted molar refractivity (Wildman–Crippen MR) is 74.8 cm³/mol. The van der Waals surface area contributed by atoms with E-state index in [2.05, 4.69) is 52.2 Å². The summed E-state index contributed by atoms with van der Waals surface area (Å²) in [4.78, 5) is 12.5. The molecular formula is C12H8INOS. The molecule has 0 radical (unpaired) electrons. The zero-order chi connectivity index (χ0) is 11.1. The summed E-state index contributed by atoms with van der Waals surface area (Å²) in [5, 5.41) is 2.84. The third-order valence-electron chi connectivity index (χ3n) is 2.59. The summed E-state index contributed by atoms with van der Waals surface area (Å²) < 4.78 is 1.28. The predicted octanol–water partition coefficient (Wildman–Crippen LogP) is 3.51. The zero-order valence-electron chi connectivity index (χ0n) is 8.29. The summed E-state index contributed by atoms with van der Waals surface area (Å²) in [6.45, 7) is 0. The minimum absolute atomic E-state index is 0.0907. The summed E-state index contributed by atoms with van der Waals surface area (Å²) in [7, 11) is 0. The maximum Gasteiger partial charge on any atom is 0.228 e. The monoisotopic (exact) mass is 341 g/mol. The molecule has 1 amide bonds. The van der Waals surface area contributed by atoms with Crippen LogP contribution in [0.5, 0.6) is 0 Å². The van der Waals surface area contributed by atoms with E-state index in [0.29, 0.717) is 6.42 Å². The van der Waals surface area contributed by atoms with Crippen molar-refractivity contribution in [2.24, 2.45) is 0 Å². The maximum absolute atomic E-state index is 11.2. The van der Waals surface area contributed by atoms with Crippen LogP contribution >= 0.6 is 33.9 Å². The smallest absolute Gasteiger partial charge is 0.228 e. The lowest BCUT2D eigenvalue weighted by Crippen LogP contribution is -2.03.